The first-order chi connectivity index (χ1) is 14.3. The number of rotatable bonds is 5. The van der Waals surface area contributed by atoms with Gasteiger partial charge >= 0.3 is 5.90 Å². The van der Waals surface area contributed by atoms with Crippen LogP contribution in [0.1, 0.15) is 52.9 Å². The molecule has 4 heteroatoms. The van der Waals surface area contributed by atoms with Gasteiger partial charge in [-0.15, -0.1) is 6.58 Å². The average Bonchev–Trinajstić information content (AvgIpc) is 3.15. The minimum absolute atomic E-state index is 0.0446. The maximum Gasteiger partial charge on any atom is 0.343 e. The van der Waals surface area contributed by atoms with E-state index in [-0.39, 0.29) is 5.41 Å². The third kappa shape index (κ3) is 3.98. The maximum atomic E-state index is 6.53. The zero-order valence-corrected chi connectivity index (χ0v) is 19.9. The first-order valence-electron chi connectivity index (χ1n) is 11.3. The number of hydrogen-bond acceptors (Lipinski definition) is 1. The second-order valence-corrected chi connectivity index (χ2v) is 10.8. The molecule has 0 N–H and O–H groups in total. The van der Waals surface area contributed by atoms with Crippen LogP contribution < -0.4 is 0 Å². The van der Waals surface area contributed by atoms with E-state index in [1.54, 1.807) is 0 Å². The molecule has 2 nitrogen and oxygen atoms in total. The third-order valence-corrected chi connectivity index (χ3v) is 7.89. The minimum atomic E-state index is -0.0446. The Morgan fingerprint density at radius 1 is 1.33 bits per heavy atom. The van der Waals surface area contributed by atoms with Crippen molar-refractivity contribution in [3.8, 4) is 0 Å². The largest absolute Gasteiger partial charge is 0.441 e. The van der Waals surface area contributed by atoms with Gasteiger partial charge in [0.1, 0.15) is 0 Å². The van der Waals surface area contributed by atoms with Crippen molar-refractivity contribution in [2.24, 2.45) is 23.2 Å². The summed E-state index contributed by atoms with van der Waals surface area (Å²) in [5.74, 6) is 2.49. The van der Waals surface area contributed by atoms with Crippen LogP contribution in [0.3, 0.4) is 0 Å². The summed E-state index contributed by atoms with van der Waals surface area (Å²) in [4.78, 5) is 0. The number of allylic oxidation sites excluding steroid dienone is 7. The van der Waals surface area contributed by atoms with Crippen LogP contribution in [-0.4, -0.2) is 29.2 Å². The highest BCUT2D eigenvalue weighted by atomic mass is 35.5. The van der Waals surface area contributed by atoms with Crippen molar-refractivity contribution in [1.82, 2.24) is 0 Å². The van der Waals surface area contributed by atoms with Gasteiger partial charge in [-0.25, -0.2) is 0 Å². The maximum absolute atomic E-state index is 6.53. The molecule has 0 aromatic carbocycles. The van der Waals surface area contributed by atoms with Gasteiger partial charge in [-0.1, -0.05) is 61.4 Å². The second kappa shape index (κ2) is 8.71. The SMILES string of the molecule is C=CCC1(C)CC(C2=CCCC(Cl)=C2)C(C2C=CC(Cl)=CC2)[N+]2=C1OCC2C(C)C. The first-order valence-corrected chi connectivity index (χ1v) is 12.1. The molecule has 2 heterocycles. The van der Waals surface area contributed by atoms with Gasteiger partial charge in [-0.05, 0) is 56.8 Å². The molecule has 4 rings (SSSR count). The number of halogens is 2. The van der Waals surface area contributed by atoms with E-state index in [4.69, 9.17) is 27.9 Å². The number of ether oxygens (including phenoxy) is 1. The fourth-order valence-corrected chi connectivity index (χ4v) is 6.23. The molecule has 0 radical (unpaired) electrons. The predicted octanol–water partition coefficient (Wildman–Crippen LogP) is 6.96. The van der Waals surface area contributed by atoms with E-state index >= 15 is 0 Å². The average molecular weight is 447 g/mol. The molecule has 0 aromatic heterocycles. The minimum Gasteiger partial charge on any atom is -0.441 e. The zero-order chi connectivity index (χ0) is 21.5. The Labute approximate surface area is 191 Å². The van der Waals surface area contributed by atoms with Crippen molar-refractivity contribution in [2.75, 3.05) is 6.61 Å². The van der Waals surface area contributed by atoms with Gasteiger partial charge in [0.05, 0.1) is 5.41 Å². The van der Waals surface area contributed by atoms with Gasteiger partial charge in [-0.3, -0.25) is 0 Å². The van der Waals surface area contributed by atoms with Crippen LogP contribution in [0.25, 0.3) is 0 Å². The van der Waals surface area contributed by atoms with E-state index in [1.165, 1.54) is 11.5 Å². The van der Waals surface area contributed by atoms with E-state index in [0.717, 1.165) is 48.8 Å². The van der Waals surface area contributed by atoms with Crippen molar-refractivity contribution in [3.63, 3.8) is 0 Å². The van der Waals surface area contributed by atoms with Crippen LogP contribution in [0.4, 0.5) is 0 Å². The highest BCUT2D eigenvalue weighted by molar-refractivity contribution is 6.31. The summed E-state index contributed by atoms with van der Waals surface area (Å²) in [5, 5.41) is 1.82. The first kappa shape index (κ1) is 22.0. The van der Waals surface area contributed by atoms with Crippen LogP contribution in [0.2, 0.25) is 0 Å². The lowest BCUT2D eigenvalue weighted by molar-refractivity contribution is -0.618. The number of nitrogens with zero attached hydrogens (tertiary/aromatic N) is 1. The van der Waals surface area contributed by atoms with Gasteiger partial charge in [0.25, 0.3) is 0 Å². The summed E-state index contributed by atoms with van der Waals surface area (Å²) < 4.78 is 9.12. The Morgan fingerprint density at radius 2 is 2.13 bits per heavy atom. The van der Waals surface area contributed by atoms with Gasteiger partial charge in [0.2, 0.25) is 0 Å². The lowest BCUT2D eigenvalue weighted by atomic mass is 9.66. The summed E-state index contributed by atoms with van der Waals surface area (Å²) >= 11 is 12.8. The molecule has 0 aromatic rings. The van der Waals surface area contributed by atoms with Gasteiger partial charge in [0.15, 0.2) is 18.7 Å². The molecule has 4 aliphatic rings. The molecule has 0 saturated carbocycles. The smallest absolute Gasteiger partial charge is 0.343 e. The van der Waals surface area contributed by atoms with E-state index in [0.29, 0.717) is 29.8 Å². The summed E-state index contributed by atoms with van der Waals surface area (Å²) in [6.07, 6.45) is 18.2. The van der Waals surface area contributed by atoms with Crippen LogP contribution in [-0.2, 0) is 4.74 Å². The Hall–Kier alpha value is -1.25. The molecule has 5 unspecified atom stereocenters. The van der Waals surface area contributed by atoms with Gasteiger partial charge in [-0.2, -0.15) is 4.58 Å². The molecule has 0 fully saturated rings. The Balaban J connectivity index is 1.85. The Bertz CT molecular complexity index is 862. The monoisotopic (exact) mass is 446 g/mol. The highest BCUT2D eigenvalue weighted by Gasteiger charge is 2.58. The van der Waals surface area contributed by atoms with Crippen molar-refractivity contribution >= 4 is 29.1 Å². The molecular weight excluding hydrogens is 413 g/mol. The Kier molecular flexibility index (Phi) is 6.38. The van der Waals surface area contributed by atoms with Crippen LogP contribution in [0.5, 0.6) is 0 Å². The fourth-order valence-electron chi connectivity index (χ4n) is 5.83. The van der Waals surface area contributed by atoms with Gasteiger partial charge < -0.3 is 4.74 Å². The van der Waals surface area contributed by atoms with Crippen LogP contribution in [0.15, 0.2) is 58.7 Å². The van der Waals surface area contributed by atoms with Crippen LogP contribution in [0, 0.1) is 23.2 Å². The predicted molar refractivity (Wildman–Crippen MR) is 127 cm³/mol. The fraction of sp³-hybridized carbons (Fsp3) is 0.577. The quantitative estimate of drug-likeness (QED) is 0.328. The molecular formula is C26H34Cl2NO+. The van der Waals surface area contributed by atoms with Crippen molar-refractivity contribution in [3.05, 3.63) is 58.7 Å². The third-order valence-electron chi connectivity index (χ3n) is 7.31. The molecule has 0 saturated heterocycles. The molecule has 0 amide bonds. The standard InChI is InChI=1S/C26H34Cl2NO/c1-5-13-26(4)15-22(19-7-6-8-21(28)14-19)24(18-9-11-20(27)12-10-18)29-23(17(2)3)16-30-25(26)29/h5,7,9,11-12,14,17-18,22-24H,1,6,8,10,13,15-16H2,2-4H3/q+1. The number of hydrogen-bond donors (Lipinski definition) is 0. The molecule has 5 atom stereocenters. The molecule has 2 aliphatic heterocycles. The lowest BCUT2D eigenvalue weighted by Crippen LogP contribution is -2.54. The normalized spacial score (nSPS) is 36.1. The van der Waals surface area contributed by atoms with Crippen molar-refractivity contribution in [1.29, 1.82) is 0 Å². The molecule has 0 spiro atoms. The second-order valence-electron chi connectivity index (χ2n) is 9.87. The molecule has 30 heavy (non-hydrogen) atoms. The topological polar surface area (TPSA) is 12.2 Å². The summed E-state index contributed by atoms with van der Waals surface area (Å²) in [6.45, 7) is 11.8. The van der Waals surface area contributed by atoms with E-state index in [1.807, 2.05) is 0 Å². The molecule has 2 aliphatic carbocycles. The van der Waals surface area contributed by atoms with Crippen LogP contribution >= 0.6 is 23.2 Å². The van der Waals surface area contributed by atoms with E-state index < -0.39 is 0 Å². The summed E-state index contributed by atoms with van der Waals surface area (Å²) in [6, 6.07) is 0.727. The Morgan fingerprint density at radius 3 is 2.77 bits per heavy atom. The summed E-state index contributed by atoms with van der Waals surface area (Å²) in [7, 11) is 0. The lowest BCUT2D eigenvalue weighted by Gasteiger charge is -2.41. The molecule has 162 valence electrons. The van der Waals surface area contributed by atoms with Crippen molar-refractivity contribution < 1.29 is 9.31 Å². The van der Waals surface area contributed by atoms with E-state index in [9.17, 15) is 0 Å². The van der Waals surface area contributed by atoms with Crippen molar-refractivity contribution in [2.45, 2.75) is 65.0 Å². The highest BCUT2D eigenvalue weighted by Crippen LogP contribution is 2.48. The van der Waals surface area contributed by atoms with Gasteiger partial charge in [0, 0.05) is 27.8 Å². The zero-order valence-electron chi connectivity index (χ0n) is 18.4. The summed E-state index contributed by atoms with van der Waals surface area (Å²) in [5.41, 5.74) is 1.35. The molecule has 0 bridgehead atoms. The van der Waals surface area contributed by atoms with E-state index in [2.05, 4.69) is 68.4 Å².